The molecule has 0 fully saturated rings. The van der Waals surface area contributed by atoms with Crippen LogP contribution in [0, 0.1) is 19.7 Å². The van der Waals surface area contributed by atoms with E-state index in [0.29, 0.717) is 30.4 Å². The first-order valence-electron chi connectivity index (χ1n) is 11.9. The summed E-state index contributed by atoms with van der Waals surface area (Å²) in [5, 5.41) is 9.12. The zero-order valence-corrected chi connectivity index (χ0v) is 21.3. The summed E-state index contributed by atoms with van der Waals surface area (Å²) < 4.78 is 26.4. The molecular formula is C27H31FN6O2. The van der Waals surface area contributed by atoms with E-state index >= 15 is 0 Å². The lowest BCUT2D eigenvalue weighted by atomic mass is 10.0. The number of methoxy groups -OCH3 is 2. The van der Waals surface area contributed by atoms with Gasteiger partial charge in [0, 0.05) is 19.9 Å². The number of aromatic nitrogens is 5. The number of rotatable bonds is 10. The number of ether oxygens (including phenoxy) is 2. The second-order valence-corrected chi connectivity index (χ2v) is 8.55. The fraction of sp³-hybridized carbons (Fsp3) is 0.333. The van der Waals surface area contributed by atoms with Crippen molar-refractivity contribution in [2.75, 3.05) is 32.3 Å². The molecule has 1 aromatic carbocycles. The summed E-state index contributed by atoms with van der Waals surface area (Å²) in [5.74, 6) is 0.969. The molecule has 0 N–H and O–H groups in total. The Kier molecular flexibility index (Phi) is 7.90. The van der Waals surface area contributed by atoms with Gasteiger partial charge in [-0.1, -0.05) is 19.1 Å². The molecule has 0 radical (unpaired) electrons. The van der Waals surface area contributed by atoms with E-state index in [4.69, 9.17) is 9.47 Å². The summed E-state index contributed by atoms with van der Waals surface area (Å²) in [6.07, 6.45) is 4.46. The third kappa shape index (κ3) is 5.36. The molecule has 188 valence electrons. The van der Waals surface area contributed by atoms with E-state index in [0.717, 1.165) is 34.7 Å². The number of nitrogens with zero attached hydrogens (tertiary/aromatic N) is 6. The lowest BCUT2D eigenvalue weighted by Crippen LogP contribution is -2.33. The number of hydrogen-bond acceptors (Lipinski definition) is 7. The number of anilines is 1. The van der Waals surface area contributed by atoms with Gasteiger partial charge in [-0.2, -0.15) is 0 Å². The lowest BCUT2D eigenvalue weighted by molar-refractivity contribution is 0.202. The summed E-state index contributed by atoms with van der Waals surface area (Å²) in [6, 6.07) is 12.4. The van der Waals surface area contributed by atoms with Gasteiger partial charge in [-0.3, -0.25) is 0 Å². The monoisotopic (exact) mass is 490 g/mol. The van der Waals surface area contributed by atoms with Gasteiger partial charge in [0.15, 0.2) is 5.82 Å². The molecule has 0 amide bonds. The summed E-state index contributed by atoms with van der Waals surface area (Å²) in [6.45, 7) is 7.18. The number of imidazole rings is 1. The predicted octanol–water partition coefficient (Wildman–Crippen LogP) is 5.09. The van der Waals surface area contributed by atoms with Crippen LogP contribution in [0.15, 0.2) is 55.0 Å². The van der Waals surface area contributed by atoms with Crippen LogP contribution in [0.1, 0.15) is 36.2 Å². The van der Waals surface area contributed by atoms with Gasteiger partial charge in [0.2, 0.25) is 5.88 Å². The largest absolute Gasteiger partial charge is 0.479 e. The topological polar surface area (TPSA) is 78.2 Å². The van der Waals surface area contributed by atoms with E-state index in [1.807, 2.05) is 54.9 Å². The first-order chi connectivity index (χ1) is 17.4. The summed E-state index contributed by atoms with van der Waals surface area (Å²) in [7, 11) is 3.26. The first-order valence-corrected chi connectivity index (χ1v) is 11.9. The quantitative estimate of drug-likeness (QED) is 0.306. The summed E-state index contributed by atoms with van der Waals surface area (Å²) >= 11 is 0. The molecule has 36 heavy (non-hydrogen) atoms. The highest BCUT2D eigenvalue weighted by atomic mass is 19.1. The Balaban J connectivity index is 1.68. The van der Waals surface area contributed by atoms with E-state index in [1.165, 1.54) is 12.1 Å². The van der Waals surface area contributed by atoms with Gasteiger partial charge in [-0.15, -0.1) is 10.2 Å². The molecule has 0 aliphatic heterocycles. The van der Waals surface area contributed by atoms with Crippen molar-refractivity contribution in [1.29, 1.82) is 0 Å². The Morgan fingerprint density at radius 2 is 1.81 bits per heavy atom. The van der Waals surface area contributed by atoms with Crippen molar-refractivity contribution < 1.29 is 13.9 Å². The van der Waals surface area contributed by atoms with Crippen molar-refractivity contribution in [2.45, 2.75) is 33.2 Å². The second kappa shape index (κ2) is 11.3. The van der Waals surface area contributed by atoms with Gasteiger partial charge in [0.25, 0.3) is 0 Å². The van der Waals surface area contributed by atoms with Crippen molar-refractivity contribution in [3.05, 3.63) is 77.6 Å². The van der Waals surface area contributed by atoms with Crippen molar-refractivity contribution in [1.82, 2.24) is 24.7 Å². The maximum absolute atomic E-state index is 13.6. The highest BCUT2D eigenvalue weighted by Crippen LogP contribution is 2.32. The van der Waals surface area contributed by atoms with E-state index in [2.05, 4.69) is 32.0 Å². The first kappa shape index (κ1) is 25.2. The summed E-state index contributed by atoms with van der Waals surface area (Å²) in [4.78, 5) is 11.1. The van der Waals surface area contributed by atoms with Crippen molar-refractivity contribution >= 4 is 5.82 Å². The molecule has 0 saturated heterocycles. The fourth-order valence-corrected chi connectivity index (χ4v) is 4.28. The Morgan fingerprint density at radius 1 is 1.03 bits per heavy atom. The molecule has 0 unspecified atom stereocenters. The average molecular weight is 491 g/mol. The minimum Gasteiger partial charge on any atom is -0.479 e. The van der Waals surface area contributed by atoms with Gasteiger partial charge in [0.1, 0.15) is 17.2 Å². The molecule has 9 heteroatoms. The van der Waals surface area contributed by atoms with Gasteiger partial charge in [0.05, 0.1) is 37.5 Å². The van der Waals surface area contributed by atoms with Crippen molar-refractivity contribution in [2.24, 2.45) is 0 Å². The van der Waals surface area contributed by atoms with E-state index < -0.39 is 0 Å². The maximum Gasteiger partial charge on any atom is 0.238 e. The van der Waals surface area contributed by atoms with Crippen LogP contribution in [0.4, 0.5) is 10.2 Å². The average Bonchev–Trinajstić information content (AvgIpc) is 3.33. The number of halogens is 1. The van der Waals surface area contributed by atoms with Crippen LogP contribution in [-0.2, 0) is 4.74 Å². The van der Waals surface area contributed by atoms with E-state index in [1.54, 1.807) is 20.5 Å². The Hall–Kier alpha value is -3.85. The van der Waals surface area contributed by atoms with Gasteiger partial charge in [-0.05, 0) is 61.7 Å². The highest BCUT2D eigenvalue weighted by molar-refractivity contribution is 5.61. The summed E-state index contributed by atoms with van der Waals surface area (Å²) in [5.41, 5.74) is 4.96. The Morgan fingerprint density at radius 3 is 2.42 bits per heavy atom. The van der Waals surface area contributed by atoms with Crippen LogP contribution in [-0.4, -0.2) is 52.1 Å². The van der Waals surface area contributed by atoms with Gasteiger partial charge >= 0.3 is 0 Å². The smallest absolute Gasteiger partial charge is 0.238 e. The number of hydrogen-bond donors (Lipinski definition) is 0. The highest BCUT2D eigenvalue weighted by Gasteiger charge is 2.23. The Bertz CT molecular complexity index is 1310. The normalized spacial score (nSPS) is 11.9. The maximum atomic E-state index is 13.6. The third-order valence-corrected chi connectivity index (χ3v) is 6.07. The minimum atomic E-state index is -0.255. The van der Waals surface area contributed by atoms with Gasteiger partial charge < -0.3 is 18.9 Å². The fourth-order valence-electron chi connectivity index (χ4n) is 4.28. The molecule has 0 aliphatic carbocycles. The van der Waals surface area contributed by atoms with Crippen LogP contribution in [0.2, 0.25) is 0 Å². The number of benzene rings is 1. The standard InChI is InChI=1S/C27H31FN6O2/c1-6-24(20-7-9-21(28)10-8-20)34(13-14-35-4)26-18(2)15-23(31-32-26)22-11-12-25(27(30-22)36-5)33-16-19(3)29-17-33/h7-12,15-17,24H,6,13-14H2,1-5H3/t24-/m0/s1. The lowest BCUT2D eigenvalue weighted by Gasteiger charge is -2.33. The molecule has 0 aliphatic rings. The van der Waals surface area contributed by atoms with Crippen LogP contribution < -0.4 is 9.64 Å². The Labute approximate surface area is 210 Å². The van der Waals surface area contributed by atoms with Crippen molar-refractivity contribution in [3.8, 4) is 23.0 Å². The molecule has 3 aromatic heterocycles. The minimum absolute atomic E-state index is 0.00395. The zero-order chi connectivity index (χ0) is 25.7. The number of pyridine rings is 1. The molecule has 4 rings (SSSR count). The van der Waals surface area contributed by atoms with Crippen LogP contribution in [0.25, 0.3) is 17.1 Å². The van der Waals surface area contributed by atoms with Crippen molar-refractivity contribution in [3.63, 3.8) is 0 Å². The molecule has 8 nitrogen and oxygen atoms in total. The van der Waals surface area contributed by atoms with Crippen LogP contribution in [0.3, 0.4) is 0 Å². The van der Waals surface area contributed by atoms with Gasteiger partial charge in [-0.25, -0.2) is 14.4 Å². The molecule has 3 heterocycles. The molecule has 0 bridgehead atoms. The molecule has 1 atom stereocenters. The molecule has 0 spiro atoms. The molecule has 0 saturated carbocycles. The zero-order valence-electron chi connectivity index (χ0n) is 21.3. The molecular weight excluding hydrogens is 459 g/mol. The van der Waals surface area contributed by atoms with Crippen LogP contribution in [0.5, 0.6) is 5.88 Å². The number of aryl methyl sites for hydroxylation is 2. The van der Waals surface area contributed by atoms with Crippen LogP contribution >= 0.6 is 0 Å². The SMILES string of the molecule is CC[C@@H](c1ccc(F)cc1)N(CCOC)c1nnc(-c2ccc(-n3cnc(C)c3)c(OC)n2)cc1C. The van der Waals surface area contributed by atoms with E-state index in [-0.39, 0.29) is 11.9 Å². The predicted molar refractivity (Wildman–Crippen MR) is 137 cm³/mol. The molecule has 4 aromatic rings. The third-order valence-electron chi connectivity index (χ3n) is 6.07. The van der Waals surface area contributed by atoms with E-state index in [9.17, 15) is 4.39 Å². The second-order valence-electron chi connectivity index (χ2n) is 8.55.